The highest BCUT2D eigenvalue weighted by atomic mass is 16.6. The first-order valence-corrected chi connectivity index (χ1v) is 5.79. The second kappa shape index (κ2) is 4.53. The van der Waals surface area contributed by atoms with E-state index in [0.717, 1.165) is 11.1 Å². The lowest BCUT2D eigenvalue weighted by Gasteiger charge is -1.97. The molecule has 0 saturated heterocycles. The van der Waals surface area contributed by atoms with Crippen molar-refractivity contribution in [1.82, 2.24) is 9.78 Å². The molecule has 1 aromatic carbocycles. The molecule has 0 radical (unpaired) electrons. The number of carbonyl (C=O) groups is 1. The summed E-state index contributed by atoms with van der Waals surface area (Å²) in [7, 11) is 1.81. The number of hydrogen-bond acceptors (Lipinski definition) is 4. The van der Waals surface area contributed by atoms with Gasteiger partial charge in [0.05, 0.1) is 6.20 Å². The number of aliphatic imine (C=N–C) groups is 1. The Hall–Kier alpha value is -2.69. The van der Waals surface area contributed by atoms with E-state index >= 15 is 0 Å². The van der Waals surface area contributed by atoms with Gasteiger partial charge < -0.3 is 4.74 Å². The van der Waals surface area contributed by atoms with Crippen molar-refractivity contribution in [3.05, 3.63) is 59.5 Å². The van der Waals surface area contributed by atoms with Gasteiger partial charge in [0.15, 0.2) is 5.70 Å². The van der Waals surface area contributed by atoms with Gasteiger partial charge >= 0.3 is 5.97 Å². The topological polar surface area (TPSA) is 56.5 Å². The molecule has 3 rings (SSSR count). The van der Waals surface area contributed by atoms with Crippen LogP contribution in [0.1, 0.15) is 11.1 Å². The van der Waals surface area contributed by atoms with Crippen molar-refractivity contribution in [2.45, 2.75) is 0 Å². The summed E-state index contributed by atoms with van der Waals surface area (Å²) < 4.78 is 6.82. The Labute approximate surface area is 109 Å². The van der Waals surface area contributed by atoms with Gasteiger partial charge in [-0.1, -0.05) is 18.2 Å². The minimum Gasteiger partial charge on any atom is -0.402 e. The summed E-state index contributed by atoms with van der Waals surface area (Å²) in [6.45, 7) is 0. The van der Waals surface area contributed by atoms with E-state index in [2.05, 4.69) is 10.1 Å². The maximum absolute atomic E-state index is 11.7. The fraction of sp³-hybridized carbons (Fsp3) is 0.0714. The Morgan fingerprint density at radius 3 is 2.74 bits per heavy atom. The van der Waals surface area contributed by atoms with Gasteiger partial charge in [0, 0.05) is 24.4 Å². The van der Waals surface area contributed by atoms with Gasteiger partial charge in [-0.2, -0.15) is 5.10 Å². The van der Waals surface area contributed by atoms with Crippen LogP contribution >= 0.6 is 0 Å². The van der Waals surface area contributed by atoms with E-state index < -0.39 is 5.97 Å². The van der Waals surface area contributed by atoms with Crippen LogP contribution < -0.4 is 0 Å². The molecule has 2 aromatic rings. The van der Waals surface area contributed by atoms with Crippen LogP contribution in [-0.4, -0.2) is 21.6 Å². The molecule has 0 amide bonds. The smallest absolute Gasteiger partial charge is 0.363 e. The number of aromatic nitrogens is 2. The van der Waals surface area contributed by atoms with Crippen LogP contribution in [-0.2, 0) is 16.6 Å². The Kier molecular flexibility index (Phi) is 2.72. The third kappa shape index (κ3) is 2.30. The first kappa shape index (κ1) is 11.4. The monoisotopic (exact) mass is 253 g/mol. The summed E-state index contributed by atoms with van der Waals surface area (Å²) in [5.41, 5.74) is 1.88. The molecule has 5 heteroatoms. The quantitative estimate of drug-likeness (QED) is 0.605. The van der Waals surface area contributed by atoms with E-state index in [9.17, 15) is 4.79 Å². The van der Waals surface area contributed by atoms with E-state index in [-0.39, 0.29) is 5.70 Å². The molecular weight excluding hydrogens is 242 g/mol. The van der Waals surface area contributed by atoms with Crippen LogP contribution in [0.25, 0.3) is 6.08 Å². The number of rotatable bonds is 2. The van der Waals surface area contributed by atoms with Crippen molar-refractivity contribution in [1.29, 1.82) is 0 Å². The second-order valence-corrected chi connectivity index (χ2v) is 4.15. The number of carbonyl (C=O) groups excluding carboxylic acids is 1. The van der Waals surface area contributed by atoms with Gasteiger partial charge in [0.1, 0.15) is 0 Å². The highest BCUT2D eigenvalue weighted by Crippen LogP contribution is 2.18. The number of aryl methyl sites for hydroxylation is 1. The number of esters is 1. The molecule has 5 nitrogen and oxygen atoms in total. The van der Waals surface area contributed by atoms with Crippen molar-refractivity contribution < 1.29 is 9.53 Å². The molecule has 2 heterocycles. The number of benzene rings is 1. The van der Waals surface area contributed by atoms with Crippen LogP contribution in [0.3, 0.4) is 0 Å². The Morgan fingerprint density at radius 2 is 2.05 bits per heavy atom. The number of ether oxygens (including phenoxy) is 1. The van der Waals surface area contributed by atoms with E-state index in [0.29, 0.717) is 5.90 Å². The lowest BCUT2D eigenvalue weighted by molar-refractivity contribution is -0.129. The predicted molar refractivity (Wildman–Crippen MR) is 70.3 cm³/mol. The molecule has 0 N–H and O–H groups in total. The second-order valence-electron chi connectivity index (χ2n) is 4.15. The summed E-state index contributed by atoms with van der Waals surface area (Å²) in [6, 6.07) is 9.33. The fourth-order valence-electron chi connectivity index (χ4n) is 1.79. The molecule has 0 fully saturated rings. The normalized spacial score (nSPS) is 16.6. The molecule has 0 saturated carbocycles. The number of hydrogen-bond donors (Lipinski definition) is 0. The highest BCUT2D eigenvalue weighted by Gasteiger charge is 2.23. The van der Waals surface area contributed by atoms with E-state index in [1.807, 2.05) is 37.4 Å². The Bertz CT molecular complexity index is 684. The maximum atomic E-state index is 11.7. The van der Waals surface area contributed by atoms with Crippen LogP contribution in [0.5, 0.6) is 0 Å². The average Bonchev–Trinajstić information content (AvgIpc) is 2.98. The van der Waals surface area contributed by atoms with Crippen molar-refractivity contribution in [2.24, 2.45) is 12.0 Å². The number of nitrogens with zero attached hydrogens (tertiary/aromatic N) is 3. The molecule has 94 valence electrons. The van der Waals surface area contributed by atoms with Crippen molar-refractivity contribution in [3.63, 3.8) is 0 Å². The molecule has 1 aliphatic rings. The lowest BCUT2D eigenvalue weighted by atomic mass is 10.2. The summed E-state index contributed by atoms with van der Waals surface area (Å²) in [5.74, 6) is -0.108. The average molecular weight is 253 g/mol. The maximum Gasteiger partial charge on any atom is 0.363 e. The zero-order chi connectivity index (χ0) is 13.2. The molecule has 0 spiro atoms. The summed E-state index contributed by atoms with van der Waals surface area (Å²) >= 11 is 0. The van der Waals surface area contributed by atoms with Crippen molar-refractivity contribution >= 4 is 17.9 Å². The summed E-state index contributed by atoms with van der Waals surface area (Å²) in [5, 5.41) is 4.03. The molecule has 0 bridgehead atoms. The molecule has 0 aliphatic carbocycles. The molecule has 0 atom stereocenters. The first-order valence-electron chi connectivity index (χ1n) is 5.79. The Balaban J connectivity index is 1.94. The van der Waals surface area contributed by atoms with Crippen LogP contribution in [0.2, 0.25) is 0 Å². The molecule has 0 unspecified atom stereocenters. The van der Waals surface area contributed by atoms with Gasteiger partial charge in [0.2, 0.25) is 5.90 Å². The van der Waals surface area contributed by atoms with Gasteiger partial charge in [-0.3, -0.25) is 4.68 Å². The largest absolute Gasteiger partial charge is 0.402 e. The van der Waals surface area contributed by atoms with Crippen LogP contribution in [0.15, 0.2) is 53.4 Å². The summed E-state index contributed by atoms with van der Waals surface area (Å²) in [6.07, 6.45) is 5.12. The van der Waals surface area contributed by atoms with E-state index in [4.69, 9.17) is 4.74 Å². The standard InChI is InChI=1S/C14H11N3O2/c1-17-9-10(8-15-17)7-12-14(18)19-13(16-12)11-5-3-2-4-6-11/h2-9H,1H3/b12-7+. The molecular formula is C14H11N3O2. The van der Waals surface area contributed by atoms with E-state index in [1.54, 1.807) is 23.2 Å². The molecule has 19 heavy (non-hydrogen) atoms. The number of cyclic esters (lactones) is 1. The summed E-state index contributed by atoms with van der Waals surface area (Å²) in [4.78, 5) is 15.9. The fourth-order valence-corrected chi connectivity index (χ4v) is 1.79. The van der Waals surface area contributed by atoms with Gasteiger partial charge in [0.25, 0.3) is 0 Å². The zero-order valence-electron chi connectivity index (χ0n) is 10.3. The zero-order valence-corrected chi connectivity index (χ0v) is 10.3. The highest BCUT2D eigenvalue weighted by molar-refractivity contribution is 6.12. The minimum absolute atomic E-state index is 0.284. The molecule has 1 aromatic heterocycles. The molecule has 1 aliphatic heterocycles. The van der Waals surface area contributed by atoms with Gasteiger partial charge in [-0.05, 0) is 18.2 Å². The lowest BCUT2D eigenvalue weighted by Crippen LogP contribution is -2.04. The van der Waals surface area contributed by atoms with Crippen LogP contribution in [0.4, 0.5) is 0 Å². The van der Waals surface area contributed by atoms with Crippen molar-refractivity contribution in [3.8, 4) is 0 Å². The predicted octanol–water partition coefficient (Wildman–Crippen LogP) is 1.76. The first-order chi connectivity index (χ1) is 9.22. The van der Waals surface area contributed by atoms with Gasteiger partial charge in [-0.15, -0.1) is 0 Å². The third-order valence-electron chi connectivity index (χ3n) is 2.67. The van der Waals surface area contributed by atoms with Crippen LogP contribution in [0, 0.1) is 0 Å². The van der Waals surface area contributed by atoms with Crippen molar-refractivity contribution in [2.75, 3.05) is 0 Å². The SMILES string of the molecule is Cn1cc(/C=C2/N=C(c3ccccc3)OC2=O)cn1. The Morgan fingerprint density at radius 1 is 1.26 bits per heavy atom. The third-order valence-corrected chi connectivity index (χ3v) is 2.67. The minimum atomic E-state index is -0.442. The van der Waals surface area contributed by atoms with E-state index in [1.165, 1.54) is 0 Å². The van der Waals surface area contributed by atoms with Gasteiger partial charge in [-0.25, -0.2) is 9.79 Å².